The highest BCUT2D eigenvalue weighted by Crippen LogP contribution is 2.33. The molecule has 0 amide bonds. The molecule has 0 spiro atoms. The molecule has 2 N–H and O–H groups in total. The van der Waals surface area contributed by atoms with Crippen molar-refractivity contribution in [2.75, 3.05) is 44.7 Å². The summed E-state index contributed by atoms with van der Waals surface area (Å²) in [4.78, 5) is 28.2. The molecule has 0 bridgehead atoms. The Morgan fingerprint density at radius 2 is 1.86 bits per heavy atom. The van der Waals surface area contributed by atoms with Crippen molar-refractivity contribution in [3.05, 3.63) is 39.2 Å². The van der Waals surface area contributed by atoms with Crippen LogP contribution in [-0.2, 0) is 6.42 Å². The Kier molecular flexibility index (Phi) is 5.90. The fourth-order valence-electron chi connectivity index (χ4n) is 3.98. The molecule has 3 rings (SSSR count). The first-order valence-electron chi connectivity index (χ1n) is 9.59. The van der Waals surface area contributed by atoms with Gasteiger partial charge in [-0.3, -0.25) is 4.79 Å². The fraction of sp³-hybridized carbons (Fsp3) is 0.500. The quantitative estimate of drug-likeness (QED) is 0.784. The molecule has 1 aromatic carbocycles. The number of piperazine rings is 1. The smallest absolute Gasteiger partial charge is 0.341 e. The number of hydrogen-bond acceptors (Lipinski definition) is 5. The van der Waals surface area contributed by atoms with Crippen molar-refractivity contribution in [1.82, 2.24) is 9.47 Å². The number of aliphatic hydroxyl groups excluding tert-OH is 1. The summed E-state index contributed by atoms with van der Waals surface area (Å²) in [6.45, 7) is 4.95. The molecule has 158 valence electrons. The minimum absolute atomic E-state index is 0.103. The highest BCUT2D eigenvalue weighted by Gasteiger charge is 2.29. The molecule has 2 aromatic rings. The third-order valence-corrected chi connectivity index (χ3v) is 5.53. The normalized spacial score (nSPS) is 16.4. The number of rotatable bonds is 5. The van der Waals surface area contributed by atoms with Gasteiger partial charge in [-0.1, -0.05) is 6.92 Å². The van der Waals surface area contributed by atoms with E-state index in [9.17, 15) is 24.2 Å². The molecule has 0 unspecified atom stereocenters. The summed E-state index contributed by atoms with van der Waals surface area (Å²) < 4.78 is 32.0. The molecule has 1 fully saturated rings. The third kappa shape index (κ3) is 3.49. The van der Waals surface area contributed by atoms with Gasteiger partial charge in [-0.15, -0.1) is 0 Å². The number of carboxylic acids is 1. The first-order chi connectivity index (χ1) is 13.7. The van der Waals surface area contributed by atoms with E-state index in [2.05, 4.69) is 0 Å². The second-order valence-corrected chi connectivity index (χ2v) is 7.42. The van der Waals surface area contributed by atoms with Crippen LogP contribution in [0, 0.1) is 11.6 Å². The van der Waals surface area contributed by atoms with Crippen LogP contribution in [0.3, 0.4) is 0 Å². The first kappa shape index (κ1) is 21.2. The van der Waals surface area contributed by atoms with E-state index in [0.29, 0.717) is 26.2 Å². The standard InChI is InChI=1S/C20H25F2N3O4/c1-4-14-15(20(28)29)19(27)12-9-13(21)18(24-7-5-23(3)6-8-24)16(22)17(12)25(14)11(2)10-26/h9,11,26H,4-8,10H2,1-3H3,(H,28,29)/t11-/m0/s1. The van der Waals surface area contributed by atoms with Crippen molar-refractivity contribution in [3.63, 3.8) is 0 Å². The molecule has 1 aliphatic rings. The molecule has 1 saturated heterocycles. The number of aromatic nitrogens is 1. The van der Waals surface area contributed by atoms with Crippen molar-refractivity contribution in [1.29, 1.82) is 0 Å². The average Bonchev–Trinajstić information content (AvgIpc) is 2.68. The lowest BCUT2D eigenvalue weighted by Gasteiger charge is -2.35. The number of anilines is 1. The number of aliphatic hydroxyl groups is 1. The number of nitrogens with zero attached hydrogens (tertiary/aromatic N) is 3. The summed E-state index contributed by atoms with van der Waals surface area (Å²) in [6.07, 6.45) is 0.137. The number of benzene rings is 1. The Morgan fingerprint density at radius 1 is 1.24 bits per heavy atom. The molecule has 0 aliphatic carbocycles. The summed E-state index contributed by atoms with van der Waals surface area (Å²) in [5.74, 6) is -3.27. The molecule has 29 heavy (non-hydrogen) atoms. The van der Waals surface area contributed by atoms with Crippen molar-refractivity contribution in [2.24, 2.45) is 0 Å². The average molecular weight is 409 g/mol. The molecular formula is C20H25F2N3O4. The zero-order valence-corrected chi connectivity index (χ0v) is 16.7. The van der Waals surface area contributed by atoms with E-state index < -0.39 is 41.2 Å². The van der Waals surface area contributed by atoms with E-state index in [0.717, 1.165) is 6.07 Å². The van der Waals surface area contributed by atoms with Crippen molar-refractivity contribution < 1.29 is 23.8 Å². The molecule has 0 saturated carbocycles. The van der Waals surface area contributed by atoms with Crippen LogP contribution in [0.5, 0.6) is 0 Å². The molecule has 7 nitrogen and oxygen atoms in total. The van der Waals surface area contributed by atoms with Gasteiger partial charge in [-0.05, 0) is 26.5 Å². The largest absolute Gasteiger partial charge is 0.477 e. The van der Waals surface area contributed by atoms with Gasteiger partial charge in [0.2, 0.25) is 5.43 Å². The Morgan fingerprint density at radius 3 is 2.38 bits per heavy atom. The number of fused-ring (bicyclic) bond motifs is 1. The lowest BCUT2D eigenvalue weighted by Crippen LogP contribution is -2.45. The van der Waals surface area contributed by atoms with E-state index in [1.54, 1.807) is 18.7 Å². The molecular weight excluding hydrogens is 384 g/mol. The lowest BCUT2D eigenvalue weighted by atomic mass is 10.0. The molecule has 0 radical (unpaired) electrons. The minimum Gasteiger partial charge on any atom is -0.477 e. The number of carbonyl (C=O) groups is 1. The maximum atomic E-state index is 15.7. The number of aromatic carboxylic acids is 1. The Labute approximate surface area is 166 Å². The molecule has 1 atom stereocenters. The highest BCUT2D eigenvalue weighted by atomic mass is 19.1. The zero-order valence-electron chi connectivity index (χ0n) is 16.7. The summed E-state index contributed by atoms with van der Waals surface area (Å²) >= 11 is 0. The topological polar surface area (TPSA) is 86.0 Å². The maximum absolute atomic E-state index is 15.7. The minimum atomic E-state index is -1.46. The van der Waals surface area contributed by atoms with Crippen LogP contribution in [-0.4, -0.2) is 65.5 Å². The summed E-state index contributed by atoms with van der Waals surface area (Å²) in [7, 11) is 1.92. The first-order valence-corrected chi connectivity index (χ1v) is 9.59. The van der Waals surface area contributed by atoms with Crippen molar-refractivity contribution >= 4 is 22.6 Å². The van der Waals surface area contributed by atoms with Gasteiger partial charge in [0.1, 0.15) is 17.1 Å². The molecule has 2 heterocycles. The van der Waals surface area contributed by atoms with Gasteiger partial charge < -0.3 is 24.6 Å². The van der Waals surface area contributed by atoms with Crippen LogP contribution in [0.4, 0.5) is 14.5 Å². The molecule has 1 aromatic heterocycles. The van der Waals surface area contributed by atoms with Crippen LogP contribution < -0.4 is 10.3 Å². The Balaban J connectivity index is 2.42. The lowest BCUT2D eigenvalue weighted by molar-refractivity contribution is 0.0692. The van der Waals surface area contributed by atoms with Crippen molar-refractivity contribution in [2.45, 2.75) is 26.3 Å². The summed E-state index contributed by atoms with van der Waals surface area (Å²) in [6, 6.07) is 0.215. The Hall–Kier alpha value is -2.52. The van der Waals surface area contributed by atoms with Crippen LogP contribution in [0.2, 0.25) is 0 Å². The number of halogens is 2. The summed E-state index contributed by atoms with van der Waals surface area (Å²) in [5.41, 5.74) is -1.74. The number of likely N-dealkylation sites (N-methyl/N-ethyl adjacent to an activating group) is 1. The van der Waals surface area contributed by atoms with Gasteiger partial charge >= 0.3 is 5.97 Å². The van der Waals surface area contributed by atoms with Gasteiger partial charge in [0, 0.05) is 31.9 Å². The highest BCUT2D eigenvalue weighted by molar-refractivity contribution is 5.95. The number of hydrogen-bond donors (Lipinski definition) is 2. The second-order valence-electron chi connectivity index (χ2n) is 7.42. The number of carboxylic acid groups (broad SMARTS) is 1. The van der Waals surface area contributed by atoms with E-state index in [1.807, 2.05) is 11.9 Å². The zero-order chi connectivity index (χ0) is 21.5. The summed E-state index contributed by atoms with van der Waals surface area (Å²) in [5, 5.41) is 18.9. The number of pyridine rings is 1. The predicted molar refractivity (Wildman–Crippen MR) is 106 cm³/mol. The third-order valence-electron chi connectivity index (χ3n) is 5.53. The maximum Gasteiger partial charge on any atom is 0.341 e. The van der Waals surface area contributed by atoms with Gasteiger partial charge in [-0.2, -0.15) is 0 Å². The van der Waals surface area contributed by atoms with Crippen LogP contribution in [0.15, 0.2) is 10.9 Å². The second kappa shape index (κ2) is 8.08. The van der Waals surface area contributed by atoms with Crippen LogP contribution in [0.25, 0.3) is 10.9 Å². The monoisotopic (exact) mass is 409 g/mol. The fourth-order valence-corrected chi connectivity index (χ4v) is 3.98. The SMILES string of the molecule is CCc1c(C(=O)O)c(=O)c2cc(F)c(N3CCN(C)CC3)c(F)c2n1[C@@H](C)CO. The molecule has 1 aliphatic heterocycles. The Bertz CT molecular complexity index is 1010. The van der Waals surface area contributed by atoms with E-state index in [1.165, 1.54) is 4.57 Å². The van der Waals surface area contributed by atoms with E-state index >= 15 is 4.39 Å². The van der Waals surface area contributed by atoms with Crippen molar-refractivity contribution in [3.8, 4) is 0 Å². The molecule has 9 heteroatoms. The predicted octanol–water partition coefficient (Wildman–Crippen LogP) is 1.85. The van der Waals surface area contributed by atoms with E-state index in [-0.39, 0.29) is 28.7 Å². The van der Waals surface area contributed by atoms with Gasteiger partial charge in [-0.25, -0.2) is 13.6 Å². The van der Waals surface area contributed by atoms with Crippen LogP contribution >= 0.6 is 0 Å². The van der Waals surface area contributed by atoms with Gasteiger partial charge in [0.05, 0.1) is 23.6 Å². The van der Waals surface area contributed by atoms with Gasteiger partial charge in [0.15, 0.2) is 5.82 Å². The van der Waals surface area contributed by atoms with E-state index in [4.69, 9.17) is 0 Å². The van der Waals surface area contributed by atoms with Gasteiger partial charge in [0.25, 0.3) is 0 Å². The van der Waals surface area contributed by atoms with Crippen LogP contribution in [0.1, 0.15) is 35.9 Å².